The molecule has 1 aliphatic heterocycles. The molecule has 0 radical (unpaired) electrons. The van der Waals surface area contributed by atoms with Gasteiger partial charge >= 0.3 is 0 Å². The first kappa shape index (κ1) is 17.6. The Kier molecular flexibility index (Phi) is 5.47. The second-order valence-corrected chi connectivity index (χ2v) is 6.63. The Morgan fingerprint density at radius 2 is 2.36 bits per heavy atom. The van der Waals surface area contributed by atoms with Crippen molar-refractivity contribution in [3.63, 3.8) is 0 Å². The molecule has 2 aromatic rings. The molecule has 1 atom stereocenters. The van der Waals surface area contributed by atoms with Gasteiger partial charge in [-0.3, -0.25) is 4.79 Å². The van der Waals surface area contributed by atoms with Crippen molar-refractivity contribution in [1.29, 1.82) is 0 Å². The highest BCUT2D eigenvalue weighted by atomic mass is 16.5. The number of ether oxygens (including phenoxy) is 1. The van der Waals surface area contributed by atoms with E-state index < -0.39 is 0 Å². The summed E-state index contributed by atoms with van der Waals surface area (Å²) < 4.78 is 12.4. The monoisotopic (exact) mass is 347 g/mol. The minimum absolute atomic E-state index is 0.149. The number of aryl methyl sites for hydroxylation is 2. The average molecular weight is 347 g/mol. The minimum atomic E-state index is -0.295. The topological polar surface area (TPSA) is 86.3 Å². The number of piperidine rings is 1. The lowest BCUT2D eigenvalue weighted by Crippen LogP contribution is -2.49. The summed E-state index contributed by atoms with van der Waals surface area (Å²) in [6.45, 7) is 4.41. The zero-order valence-corrected chi connectivity index (χ0v) is 14.8. The fraction of sp³-hybridized carbons (Fsp3) is 0.647. The van der Waals surface area contributed by atoms with Crippen LogP contribution in [0.3, 0.4) is 0 Å². The van der Waals surface area contributed by atoms with Gasteiger partial charge in [0, 0.05) is 59.1 Å². The van der Waals surface area contributed by atoms with Gasteiger partial charge in [-0.25, -0.2) is 4.98 Å². The highest BCUT2D eigenvalue weighted by molar-refractivity contribution is 5.76. The van der Waals surface area contributed by atoms with Crippen LogP contribution in [0.25, 0.3) is 0 Å². The van der Waals surface area contributed by atoms with Crippen LogP contribution in [0, 0.1) is 6.92 Å². The molecule has 1 saturated heterocycles. The zero-order chi connectivity index (χ0) is 17.7. The van der Waals surface area contributed by atoms with E-state index in [0.29, 0.717) is 37.8 Å². The summed E-state index contributed by atoms with van der Waals surface area (Å²) in [5.41, 5.74) is -0.295. The van der Waals surface area contributed by atoms with E-state index in [4.69, 9.17) is 9.26 Å². The average Bonchev–Trinajstić information content (AvgIpc) is 3.30. The maximum absolute atomic E-state index is 12.7. The van der Waals surface area contributed by atoms with Crippen LogP contribution in [-0.2, 0) is 21.5 Å². The zero-order valence-electron chi connectivity index (χ0n) is 14.8. The van der Waals surface area contributed by atoms with E-state index in [1.54, 1.807) is 26.6 Å². The molecule has 0 bridgehead atoms. The molecule has 0 aromatic carbocycles. The molecule has 0 N–H and O–H groups in total. The highest BCUT2D eigenvalue weighted by Gasteiger charge is 2.41. The smallest absolute Gasteiger partial charge is 0.224 e. The van der Waals surface area contributed by atoms with E-state index in [0.717, 1.165) is 25.8 Å². The number of imidazole rings is 1. The lowest BCUT2D eigenvalue weighted by molar-refractivity contribution is -0.134. The molecule has 0 aliphatic carbocycles. The molecule has 25 heavy (non-hydrogen) atoms. The van der Waals surface area contributed by atoms with Crippen molar-refractivity contribution in [2.75, 3.05) is 26.8 Å². The van der Waals surface area contributed by atoms with E-state index in [-0.39, 0.29) is 11.3 Å². The fourth-order valence-electron chi connectivity index (χ4n) is 3.46. The molecule has 2 aromatic heterocycles. The normalized spacial score (nSPS) is 20.8. The van der Waals surface area contributed by atoms with Gasteiger partial charge in [-0.15, -0.1) is 0 Å². The predicted octanol–water partition coefficient (Wildman–Crippen LogP) is 1.56. The van der Waals surface area contributed by atoms with Crippen molar-refractivity contribution in [1.82, 2.24) is 24.6 Å². The molecule has 1 amide bonds. The van der Waals surface area contributed by atoms with Gasteiger partial charge in [-0.1, -0.05) is 5.16 Å². The summed E-state index contributed by atoms with van der Waals surface area (Å²) in [6.07, 6.45) is 8.41. The lowest BCUT2D eigenvalue weighted by atomic mass is 9.76. The quantitative estimate of drug-likeness (QED) is 0.755. The summed E-state index contributed by atoms with van der Waals surface area (Å²) in [7, 11) is 1.69. The van der Waals surface area contributed by atoms with Crippen molar-refractivity contribution in [3.8, 4) is 0 Å². The van der Waals surface area contributed by atoms with Gasteiger partial charge in [-0.2, -0.15) is 4.98 Å². The number of hydrogen-bond donors (Lipinski definition) is 0. The van der Waals surface area contributed by atoms with E-state index in [2.05, 4.69) is 15.1 Å². The number of hydrogen-bond acceptors (Lipinski definition) is 6. The first-order valence-corrected chi connectivity index (χ1v) is 8.66. The summed E-state index contributed by atoms with van der Waals surface area (Å²) in [5.74, 6) is 1.39. The first-order valence-electron chi connectivity index (χ1n) is 8.66. The Balaban J connectivity index is 1.70. The van der Waals surface area contributed by atoms with Crippen LogP contribution in [0.15, 0.2) is 23.2 Å². The van der Waals surface area contributed by atoms with Crippen LogP contribution < -0.4 is 0 Å². The lowest BCUT2D eigenvalue weighted by Gasteiger charge is -2.41. The molecule has 1 aliphatic rings. The standard InChI is InChI=1S/C17H25N5O3/c1-14-19-16(20-25-14)17(6-11-24-2)5-3-8-22(12-17)15(23)4-9-21-10-7-18-13-21/h7,10,13H,3-6,8-9,11-12H2,1-2H3. The number of nitrogens with zero attached hydrogens (tertiary/aromatic N) is 5. The number of rotatable bonds is 7. The molecule has 0 saturated carbocycles. The van der Waals surface area contributed by atoms with E-state index in [1.807, 2.05) is 15.7 Å². The Morgan fingerprint density at radius 1 is 1.48 bits per heavy atom. The molecule has 3 heterocycles. The SMILES string of the molecule is COCCC1(c2noc(C)n2)CCCN(C(=O)CCn2ccnc2)C1. The largest absolute Gasteiger partial charge is 0.385 e. The van der Waals surface area contributed by atoms with Crippen molar-refractivity contribution in [3.05, 3.63) is 30.4 Å². The van der Waals surface area contributed by atoms with Crippen LogP contribution in [-0.4, -0.2) is 57.3 Å². The molecule has 3 rings (SSSR count). The van der Waals surface area contributed by atoms with Crippen molar-refractivity contribution < 1.29 is 14.1 Å². The minimum Gasteiger partial charge on any atom is -0.385 e. The van der Waals surface area contributed by atoms with Crippen molar-refractivity contribution in [2.45, 2.75) is 44.6 Å². The summed E-state index contributed by atoms with van der Waals surface area (Å²) in [4.78, 5) is 23.1. The third-order valence-electron chi connectivity index (χ3n) is 4.86. The number of aromatic nitrogens is 4. The van der Waals surface area contributed by atoms with Gasteiger partial charge in [-0.05, 0) is 19.3 Å². The van der Waals surface area contributed by atoms with Crippen LogP contribution in [0.1, 0.15) is 37.4 Å². The van der Waals surface area contributed by atoms with Crippen molar-refractivity contribution >= 4 is 5.91 Å². The molecule has 8 nitrogen and oxygen atoms in total. The highest BCUT2D eigenvalue weighted by Crippen LogP contribution is 2.36. The number of carbonyl (C=O) groups is 1. The second kappa shape index (κ2) is 7.77. The number of likely N-dealkylation sites (tertiary alicyclic amines) is 1. The molecule has 1 fully saturated rings. The van der Waals surface area contributed by atoms with E-state index >= 15 is 0 Å². The molecule has 136 valence electrons. The Hall–Kier alpha value is -2.22. The van der Waals surface area contributed by atoms with E-state index in [1.165, 1.54) is 0 Å². The molecular weight excluding hydrogens is 322 g/mol. The molecule has 8 heteroatoms. The third-order valence-corrected chi connectivity index (χ3v) is 4.86. The summed E-state index contributed by atoms with van der Waals surface area (Å²) >= 11 is 0. The van der Waals surface area contributed by atoms with Gasteiger partial charge < -0.3 is 18.7 Å². The van der Waals surface area contributed by atoms with Crippen LogP contribution in [0.5, 0.6) is 0 Å². The number of carbonyl (C=O) groups excluding carboxylic acids is 1. The van der Waals surface area contributed by atoms with Crippen LogP contribution in [0.2, 0.25) is 0 Å². The van der Waals surface area contributed by atoms with Gasteiger partial charge in [0.1, 0.15) is 0 Å². The summed E-state index contributed by atoms with van der Waals surface area (Å²) in [5, 5.41) is 4.15. The Bertz CT molecular complexity index is 684. The fourth-order valence-corrected chi connectivity index (χ4v) is 3.46. The third kappa shape index (κ3) is 4.07. The second-order valence-electron chi connectivity index (χ2n) is 6.63. The number of amides is 1. The molecular formula is C17H25N5O3. The molecule has 0 spiro atoms. The van der Waals surface area contributed by atoms with Gasteiger partial charge in [0.05, 0.1) is 11.7 Å². The Morgan fingerprint density at radius 3 is 3.04 bits per heavy atom. The van der Waals surface area contributed by atoms with Crippen LogP contribution in [0.4, 0.5) is 0 Å². The first-order chi connectivity index (χ1) is 12.1. The molecule has 1 unspecified atom stereocenters. The van der Waals surface area contributed by atoms with Gasteiger partial charge in [0.25, 0.3) is 0 Å². The summed E-state index contributed by atoms with van der Waals surface area (Å²) in [6, 6.07) is 0. The van der Waals surface area contributed by atoms with Gasteiger partial charge in [0.2, 0.25) is 11.8 Å². The predicted molar refractivity (Wildman–Crippen MR) is 89.9 cm³/mol. The Labute approximate surface area is 147 Å². The maximum Gasteiger partial charge on any atom is 0.224 e. The van der Waals surface area contributed by atoms with E-state index in [9.17, 15) is 4.79 Å². The van der Waals surface area contributed by atoms with Crippen LogP contribution >= 0.6 is 0 Å². The maximum atomic E-state index is 12.7. The van der Waals surface area contributed by atoms with Crippen molar-refractivity contribution in [2.24, 2.45) is 0 Å². The number of methoxy groups -OCH3 is 1. The van der Waals surface area contributed by atoms with Gasteiger partial charge in [0.15, 0.2) is 5.82 Å².